The molecular formula is C14H11FN2O4. The van der Waals surface area contributed by atoms with Gasteiger partial charge in [-0.1, -0.05) is 0 Å². The first-order chi connectivity index (χ1) is 9.97. The third-order valence-electron chi connectivity index (χ3n) is 2.69. The Bertz CT molecular complexity index is 737. The number of hydrogen-bond acceptors (Lipinski definition) is 3. The molecule has 0 aliphatic rings. The highest BCUT2D eigenvalue weighted by molar-refractivity contribution is 5.91. The van der Waals surface area contributed by atoms with Gasteiger partial charge >= 0.3 is 5.97 Å². The Hall–Kier alpha value is -2.96. The minimum absolute atomic E-state index is 0.336. The average molecular weight is 290 g/mol. The molecule has 0 unspecified atom stereocenters. The van der Waals surface area contributed by atoms with E-state index in [2.05, 4.69) is 5.32 Å². The van der Waals surface area contributed by atoms with E-state index in [4.69, 9.17) is 5.11 Å². The van der Waals surface area contributed by atoms with Gasteiger partial charge in [-0.05, 0) is 36.4 Å². The number of carboxylic acid groups (broad SMARTS) is 1. The predicted octanol–water partition coefficient (Wildman–Crippen LogP) is 1.32. The molecule has 2 aromatic rings. The number of aromatic carboxylic acids is 1. The maximum Gasteiger partial charge on any atom is 0.341 e. The quantitative estimate of drug-likeness (QED) is 0.889. The Labute approximate surface area is 118 Å². The number of nitrogens with zero attached hydrogens (tertiary/aromatic N) is 1. The average Bonchev–Trinajstić information content (AvgIpc) is 2.43. The number of carbonyl (C=O) groups is 2. The Morgan fingerprint density at radius 3 is 2.48 bits per heavy atom. The molecule has 0 saturated heterocycles. The van der Waals surface area contributed by atoms with Gasteiger partial charge in [-0.3, -0.25) is 9.59 Å². The van der Waals surface area contributed by atoms with Crippen LogP contribution in [0.4, 0.5) is 10.1 Å². The van der Waals surface area contributed by atoms with Gasteiger partial charge in [0.15, 0.2) is 0 Å². The number of anilines is 1. The van der Waals surface area contributed by atoms with Crippen LogP contribution in [0.25, 0.3) is 0 Å². The van der Waals surface area contributed by atoms with Gasteiger partial charge in [0, 0.05) is 11.9 Å². The monoisotopic (exact) mass is 290 g/mol. The Kier molecular flexibility index (Phi) is 4.13. The fourth-order valence-corrected chi connectivity index (χ4v) is 1.71. The molecule has 7 heteroatoms. The van der Waals surface area contributed by atoms with Crippen LogP contribution in [0.5, 0.6) is 0 Å². The first kappa shape index (κ1) is 14.4. The van der Waals surface area contributed by atoms with Gasteiger partial charge in [0.05, 0.1) is 0 Å². The second kappa shape index (κ2) is 6.00. The summed E-state index contributed by atoms with van der Waals surface area (Å²) in [6, 6.07) is 7.67. The third-order valence-corrected chi connectivity index (χ3v) is 2.69. The van der Waals surface area contributed by atoms with Crippen LogP contribution in [-0.4, -0.2) is 21.6 Å². The van der Waals surface area contributed by atoms with Gasteiger partial charge in [-0.15, -0.1) is 0 Å². The van der Waals surface area contributed by atoms with E-state index in [9.17, 15) is 18.8 Å². The molecular weight excluding hydrogens is 279 g/mol. The standard InChI is InChI=1S/C14H11FN2O4/c15-9-3-5-10(6-4-9)16-12(18)8-17-7-1-2-11(13(17)19)14(20)21/h1-7H,8H2,(H,16,18)(H,20,21). The maximum atomic E-state index is 12.7. The van der Waals surface area contributed by atoms with Crippen molar-refractivity contribution in [3.05, 3.63) is 64.3 Å². The number of amides is 1. The largest absolute Gasteiger partial charge is 0.477 e. The van der Waals surface area contributed by atoms with E-state index < -0.39 is 28.8 Å². The zero-order valence-electron chi connectivity index (χ0n) is 10.7. The molecule has 1 aromatic carbocycles. The van der Waals surface area contributed by atoms with Crippen molar-refractivity contribution >= 4 is 17.6 Å². The molecule has 21 heavy (non-hydrogen) atoms. The summed E-state index contributed by atoms with van der Waals surface area (Å²) in [6.07, 6.45) is 1.32. The van der Waals surface area contributed by atoms with E-state index in [1.807, 2.05) is 0 Å². The number of pyridine rings is 1. The van der Waals surface area contributed by atoms with Crippen LogP contribution in [0.15, 0.2) is 47.4 Å². The van der Waals surface area contributed by atoms with Crippen molar-refractivity contribution < 1.29 is 19.1 Å². The summed E-state index contributed by atoms with van der Waals surface area (Å²) in [6.45, 7) is -0.336. The molecule has 0 spiro atoms. The van der Waals surface area contributed by atoms with E-state index in [1.54, 1.807) is 0 Å². The number of hydrogen-bond donors (Lipinski definition) is 2. The predicted molar refractivity (Wildman–Crippen MR) is 72.7 cm³/mol. The summed E-state index contributed by atoms with van der Waals surface area (Å²) in [5.41, 5.74) is -0.796. The molecule has 0 bridgehead atoms. The van der Waals surface area contributed by atoms with Crippen LogP contribution in [0.3, 0.4) is 0 Å². The molecule has 0 saturated carbocycles. The van der Waals surface area contributed by atoms with E-state index >= 15 is 0 Å². The summed E-state index contributed by atoms with van der Waals surface area (Å²) in [4.78, 5) is 34.4. The van der Waals surface area contributed by atoms with Gasteiger partial charge in [-0.2, -0.15) is 0 Å². The summed E-state index contributed by atoms with van der Waals surface area (Å²) >= 11 is 0. The van der Waals surface area contributed by atoms with Crippen molar-refractivity contribution in [2.24, 2.45) is 0 Å². The number of aromatic nitrogens is 1. The minimum atomic E-state index is -1.35. The molecule has 0 aliphatic carbocycles. The number of carbonyl (C=O) groups excluding carboxylic acids is 1. The summed E-state index contributed by atoms with van der Waals surface area (Å²) < 4.78 is 13.7. The fraction of sp³-hybridized carbons (Fsp3) is 0.0714. The number of carboxylic acids is 1. The molecule has 0 atom stereocenters. The smallest absolute Gasteiger partial charge is 0.341 e. The molecule has 0 radical (unpaired) electrons. The zero-order valence-corrected chi connectivity index (χ0v) is 10.7. The number of halogens is 1. The van der Waals surface area contributed by atoms with Crippen molar-refractivity contribution in [2.45, 2.75) is 6.54 Å². The fourth-order valence-electron chi connectivity index (χ4n) is 1.71. The second-order valence-electron chi connectivity index (χ2n) is 4.22. The van der Waals surface area contributed by atoms with Crippen LogP contribution in [0.1, 0.15) is 10.4 Å². The Balaban J connectivity index is 2.13. The summed E-state index contributed by atoms with van der Waals surface area (Å²) in [5, 5.41) is 11.3. The molecule has 1 amide bonds. The highest BCUT2D eigenvalue weighted by atomic mass is 19.1. The Morgan fingerprint density at radius 1 is 1.19 bits per heavy atom. The lowest BCUT2D eigenvalue weighted by atomic mass is 10.3. The molecule has 2 N–H and O–H groups in total. The van der Waals surface area contributed by atoms with E-state index in [1.165, 1.54) is 42.6 Å². The van der Waals surface area contributed by atoms with Crippen molar-refractivity contribution in [2.75, 3.05) is 5.32 Å². The van der Waals surface area contributed by atoms with Crippen molar-refractivity contribution in [3.63, 3.8) is 0 Å². The van der Waals surface area contributed by atoms with Crippen LogP contribution >= 0.6 is 0 Å². The van der Waals surface area contributed by atoms with E-state index in [0.29, 0.717) is 5.69 Å². The topological polar surface area (TPSA) is 88.4 Å². The molecule has 108 valence electrons. The summed E-state index contributed by atoms with van der Waals surface area (Å²) in [5.74, 6) is -2.31. The highest BCUT2D eigenvalue weighted by Crippen LogP contribution is 2.08. The lowest BCUT2D eigenvalue weighted by Gasteiger charge is -2.08. The van der Waals surface area contributed by atoms with Crippen LogP contribution in [0, 0.1) is 5.82 Å². The lowest BCUT2D eigenvalue weighted by molar-refractivity contribution is -0.116. The molecule has 2 rings (SSSR count). The maximum absolute atomic E-state index is 12.7. The van der Waals surface area contributed by atoms with Crippen molar-refractivity contribution in [1.29, 1.82) is 0 Å². The van der Waals surface area contributed by atoms with Gasteiger partial charge in [0.2, 0.25) is 5.91 Å². The normalized spacial score (nSPS) is 10.1. The number of rotatable bonds is 4. The number of nitrogens with one attached hydrogen (secondary N) is 1. The van der Waals surface area contributed by atoms with Gasteiger partial charge in [0.1, 0.15) is 17.9 Å². The molecule has 0 aliphatic heterocycles. The molecule has 6 nitrogen and oxygen atoms in total. The third kappa shape index (κ3) is 3.53. The van der Waals surface area contributed by atoms with Gasteiger partial charge < -0.3 is 15.0 Å². The molecule has 1 heterocycles. The van der Waals surface area contributed by atoms with Crippen LogP contribution < -0.4 is 10.9 Å². The highest BCUT2D eigenvalue weighted by Gasteiger charge is 2.12. The van der Waals surface area contributed by atoms with E-state index in [-0.39, 0.29) is 6.54 Å². The van der Waals surface area contributed by atoms with Crippen molar-refractivity contribution in [1.82, 2.24) is 4.57 Å². The van der Waals surface area contributed by atoms with Crippen LogP contribution in [0.2, 0.25) is 0 Å². The first-order valence-corrected chi connectivity index (χ1v) is 5.95. The minimum Gasteiger partial charge on any atom is -0.477 e. The zero-order chi connectivity index (χ0) is 15.4. The molecule has 1 aromatic heterocycles. The first-order valence-electron chi connectivity index (χ1n) is 5.95. The van der Waals surface area contributed by atoms with Gasteiger partial charge in [0.25, 0.3) is 5.56 Å². The summed E-state index contributed by atoms with van der Waals surface area (Å²) in [7, 11) is 0. The van der Waals surface area contributed by atoms with Crippen molar-refractivity contribution in [3.8, 4) is 0 Å². The number of benzene rings is 1. The van der Waals surface area contributed by atoms with E-state index in [0.717, 1.165) is 4.57 Å². The second-order valence-corrected chi connectivity index (χ2v) is 4.22. The lowest BCUT2D eigenvalue weighted by Crippen LogP contribution is -2.30. The van der Waals surface area contributed by atoms with Gasteiger partial charge in [-0.25, -0.2) is 9.18 Å². The molecule has 0 fully saturated rings. The Morgan fingerprint density at radius 2 is 1.86 bits per heavy atom. The van der Waals surface area contributed by atoms with Crippen LogP contribution in [-0.2, 0) is 11.3 Å². The SMILES string of the molecule is O=C(Cn1cccc(C(=O)O)c1=O)Nc1ccc(F)cc1.